The van der Waals surface area contributed by atoms with Gasteiger partial charge in [-0.1, -0.05) is 168 Å². The molecular formula is C35H70ClNO. The van der Waals surface area contributed by atoms with Crippen LogP contribution in [0.15, 0.2) is 12.7 Å². The lowest BCUT2D eigenvalue weighted by molar-refractivity contribution is -0.829. The van der Waals surface area contributed by atoms with Crippen molar-refractivity contribution in [1.82, 2.24) is 0 Å². The number of carbonyl (C=O) groups is 1. The van der Waals surface area contributed by atoms with Gasteiger partial charge in [0.25, 0.3) is 0 Å². The zero-order chi connectivity index (χ0) is 27.3. The topological polar surface area (TPSA) is 17.1 Å². The predicted octanol–water partition coefficient (Wildman–Crippen LogP) is 8.72. The van der Waals surface area contributed by atoms with Crippen LogP contribution in [-0.2, 0) is 4.79 Å². The Labute approximate surface area is 247 Å². The Bertz CT molecular complexity index is 494. The lowest BCUT2D eigenvalue weighted by atomic mass is 10.0. The SMILES string of the molecule is C=CC[N+](C)(CCCCCCCCCCCCC)C(=O)CCCCCCCCCCCCCCCCC.[Cl-]. The number of nitrogens with zero attached hydrogens (tertiary/aromatic N) is 1. The smallest absolute Gasteiger partial charge is 0.313 e. The molecule has 0 aromatic carbocycles. The number of unbranched alkanes of at least 4 members (excludes halogenated alkanes) is 24. The summed E-state index contributed by atoms with van der Waals surface area (Å²) in [5, 5.41) is 0. The second kappa shape index (κ2) is 31.2. The Morgan fingerprint density at radius 2 is 0.816 bits per heavy atom. The van der Waals surface area contributed by atoms with E-state index in [2.05, 4.69) is 27.5 Å². The van der Waals surface area contributed by atoms with Gasteiger partial charge >= 0.3 is 5.91 Å². The third-order valence-electron chi connectivity index (χ3n) is 8.38. The molecule has 0 aliphatic carbocycles. The Kier molecular flexibility index (Phi) is 32.7. The normalized spacial score (nSPS) is 12.7. The maximum atomic E-state index is 13.0. The molecule has 0 aromatic rings. The molecule has 0 rings (SSSR count). The van der Waals surface area contributed by atoms with Gasteiger partial charge in [-0.15, -0.1) is 0 Å². The predicted molar refractivity (Wildman–Crippen MR) is 167 cm³/mol. The van der Waals surface area contributed by atoms with E-state index in [1.165, 1.54) is 161 Å². The maximum absolute atomic E-state index is 13.0. The van der Waals surface area contributed by atoms with E-state index in [-0.39, 0.29) is 12.4 Å². The molecule has 0 heterocycles. The second-order valence-electron chi connectivity index (χ2n) is 12.2. The van der Waals surface area contributed by atoms with Crippen molar-refractivity contribution in [3.05, 3.63) is 12.7 Å². The molecule has 1 unspecified atom stereocenters. The highest BCUT2D eigenvalue weighted by atomic mass is 35.5. The van der Waals surface area contributed by atoms with Gasteiger partial charge in [-0.05, 0) is 25.3 Å². The monoisotopic (exact) mass is 556 g/mol. The van der Waals surface area contributed by atoms with Gasteiger partial charge in [0.15, 0.2) is 0 Å². The maximum Gasteiger partial charge on any atom is 0.313 e. The van der Waals surface area contributed by atoms with Gasteiger partial charge in [0.2, 0.25) is 0 Å². The summed E-state index contributed by atoms with van der Waals surface area (Å²) >= 11 is 0. The van der Waals surface area contributed by atoms with Gasteiger partial charge in [0.05, 0.1) is 20.0 Å². The summed E-state index contributed by atoms with van der Waals surface area (Å²) in [5.74, 6) is 0.432. The Balaban J connectivity index is 0. The van der Waals surface area contributed by atoms with Crippen LogP contribution in [0.25, 0.3) is 0 Å². The molecule has 0 bridgehead atoms. The minimum absolute atomic E-state index is 0. The van der Waals surface area contributed by atoms with Gasteiger partial charge in [-0.25, -0.2) is 4.79 Å². The molecule has 0 N–H and O–H groups in total. The lowest BCUT2D eigenvalue weighted by Crippen LogP contribution is -3.00. The van der Waals surface area contributed by atoms with Crippen molar-refractivity contribution < 1.29 is 21.7 Å². The zero-order valence-electron chi connectivity index (χ0n) is 26.5. The largest absolute Gasteiger partial charge is 1.00 e. The summed E-state index contributed by atoms with van der Waals surface area (Å²) < 4.78 is 0.569. The molecule has 3 heteroatoms. The fourth-order valence-electron chi connectivity index (χ4n) is 5.65. The zero-order valence-corrected chi connectivity index (χ0v) is 27.3. The number of carbonyl (C=O) groups excluding carboxylic acids is 1. The first kappa shape index (κ1) is 39.8. The van der Waals surface area contributed by atoms with E-state index in [4.69, 9.17) is 0 Å². The number of likely N-dealkylation sites (N-methyl/N-ethyl adjacent to an activating group) is 1. The first-order valence-electron chi connectivity index (χ1n) is 17.1. The van der Waals surface area contributed by atoms with E-state index in [0.717, 1.165) is 25.9 Å². The van der Waals surface area contributed by atoms with Crippen LogP contribution in [0.4, 0.5) is 0 Å². The summed E-state index contributed by atoms with van der Waals surface area (Å²) in [7, 11) is 2.14. The Morgan fingerprint density at radius 3 is 1.13 bits per heavy atom. The van der Waals surface area contributed by atoms with Crippen LogP contribution in [0.2, 0.25) is 0 Å². The van der Waals surface area contributed by atoms with Crippen molar-refractivity contribution in [3.63, 3.8) is 0 Å². The highest BCUT2D eigenvalue weighted by molar-refractivity contribution is 5.68. The average Bonchev–Trinajstić information content (AvgIpc) is 2.89. The fraction of sp³-hybridized carbons (Fsp3) is 0.914. The molecule has 228 valence electrons. The van der Waals surface area contributed by atoms with Crippen molar-refractivity contribution in [1.29, 1.82) is 0 Å². The summed E-state index contributed by atoms with van der Waals surface area (Å²) in [6.07, 6.45) is 38.2. The Morgan fingerprint density at radius 1 is 0.526 bits per heavy atom. The van der Waals surface area contributed by atoms with Crippen LogP contribution in [-0.4, -0.2) is 30.5 Å². The molecule has 0 radical (unpaired) electrons. The molecule has 0 spiro atoms. The molecule has 0 saturated heterocycles. The molecule has 1 atom stereocenters. The fourth-order valence-corrected chi connectivity index (χ4v) is 5.65. The van der Waals surface area contributed by atoms with Crippen LogP contribution < -0.4 is 12.4 Å². The molecule has 0 saturated carbocycles. The third kappa shape index (κ3) is 25.9. The molecule has 38 heavy (non-hydrogen) atoms. The minimum atomic E-state index is 0. The van der Waals surface area contributed by atoms with Crippen LogP contribution in [0.3, 0.4) is 0 Å². The van der Waals surface area contributed by atoms with Gasteiger partial charge in [0, 0.05) is 0 Å². The van der Waals surface area contributed by atoms with Crippen LogP contribution in [0.5, 0.6) is 0 Å². The quantitative estimate of drug-likeness (QED) is 0.0492. The number of amides is 1. The van der Waals surface area contributed by atoms with Crippen LogP contribution in [0, 0.1) is 0 Å². The number of halogens is 1. The number of quaternary nitrogens is 1. The molecule has 0 aromatic heterocycles. The van der Waals surface area contributed by atoms with Crippen LogP contribution in [0.1, 0.15) is 187 Å². The van der Waals surface area contributed by atoms with Crippen LogP contribution >= 0.6 is 0 Å². The average molecular weight is 556 g/mol. The van der Waals surface area contributed by atoms with E-state index in [1.807, 2.05) is 6.08 Å². The summed E-state index contributed by atoms with van der Waals surface area (Å²) in [5.41, 5.74) is 0. The van der Waals surface area contributed by atoms with Crippen molar-refractivity contribution in [2.75, 3.05) is 20.1 Å². The molecule has 1 amide bonds. The molecule has 0 fully saturated rings. The van der Waals surface area contributed by atoms with E-state index >= 15 is 0 Å². The molecule has 0 aliphatic rings. The van der Waals surface area contributed by atoms with Gasteiger partial charge < -0.3 is 12.4 Å². The highest BCUT2D eigenvalue weighted by Crippen LogP contribution is 2.17. The number of hydrogen-bond donors (Lipinski definition) is 0. The Hall–Kier alpha value is -0.340. The summed E-state index contributed by atoms with van der Waals surface area (Å²) in [4.78, 5) is 13.0. The molecular weight excluding hydrogens is 486 g/mol. The third-order valence-corrected chi connectivity index (χ3v) is 8.38. The van der Waals surface area contributed by atoms with Gasteiger partial charge in [-0.3, -0.25) is 4.48 Å². The second-order valence-corrected chi connectivity index (χ2v) is 12.2. The molecule has 2 nitrogen and oxygen atoms in total. The van der Waals surface area contributed by atoms with E-state index in [1.54, 1.807) is 0 Å². The summed E-state index contributed by atoms with van der Waals surface area (Å²) in [6, 6.07) is 0. The van der Waals surface area contributed by atoms with Crippen molar-refractivity contribution in [2.45, 2.75) is 187 Å². The van der Waals surface area contributed by atoms with Crippen molar-refractivity contribution in [2.24, 2.45) is 0 Å². The first-order valence-corrected chi connectivity index (χ1v) is 17.1. The minimum Gasteiger partial charge on any atom is -1.00 e. The van der Waals surface area contributed by atoms with Crippen molar-refractivity contribution >= 4 is 5.91 Å². The highest BCUT2D eigenvalue weighted by Gasteiger charge is 2.28. The molecule has 0 aliphatic heterocycles. The lowest BCUT2D eigenvalue weighted by Gasteiger charge is -2.31. The van der Waals surface area contributed by atoms with Gasteiger partial charge in [0.1, 0.15) is 6.54 Å². The van der Waals surface area contributed by atoms with E-state index in [9.17, 15) is 4.79 Å². The number of rotatable bonds is 30. The van der Waals surface area contributed by atoms with Crippen molar-refractivity contribution in [3.8, 4) is 0 Å². The van der Waals surface area contributed by atoms with Gasteiger partial charge in [-0.2, -0.15) is 0 Å². The van der Waals surface area contributed by atoms with E-state index < -0.39 is 0 Å². The number of hydrogen-bond acceptors (Lipinski definition) is 1. The first-order chi connectivity index (χ1) is 18.1. The summed E-state index contributed by atoms with van der Waals surface area (Å²) in [6.45, 7) is 10.3. The standard InChI is InChI=1S/C35H70NO.ClH/c1-5-8-10-12-14-16-18-19-20-21-22-24-26-28-30-32-35(37)36(4,33-7-3)34-31-29-27-25-23-17-15-13-11-9-6-2;/h7H,3,5-6,8-34H2,1-2,4H3;1H/q+1;/p-1. The van der Waals surface area contributed by atoms with E-state index in [0.29, 0.717) is 10.4 Å².